The number of nitrogens with zero attached hydrogens (tertiary/aromatic N) is 3. The molecule has 1 saturated heterocycles. The highest BCUT2D eigenvalue weighted by Crippen LogP contribution is 2.27. The molecule has 1 aliphatic heterocycles. The minimum atomic E-state index is -0.0199. The second kappa shape index (κ2) is 8.26. The molecule has 7 nitrogen and oxygen atoms in total. The summed E-state index contributed by atoms with van der Waals surface area (Å²) in [4.78, 5) is 14.6. The molecule has 2 N–H and O–H groups in total. The van der Waals surface area contributed by atoms with Gasteiger partial charge in [-0.2, -0.15) is 5.10 Å². The number of likely N-dealkylation sites (N-methyl/N-ethyl adjacent to an activating group) is 1. The zero-order valence-electron chi connectivity index (χ0n) is 13.7. The highest BCUT2D eigenvalue weighted by molar-refractivity contribution is 5.80. The highest BCUT2D eigenvalue weighted by atomic mass is 16.5. The van der Waals surface area contributed by atoms with Gasteiger partial charge in [-0.1, -0.05) is 0 Å². The van der Waals surface area contributed by atoms with Crippen molar-refractivity contribution < 1.29 is 9.53 Å². The number of methoxy groups -OCH3 is 1. The lowest BCUT2D eigenvalue weighted by atomic mass is 9.90. The van der Waals surface area contributed by atoms with Crippen LogP contribution in [-0.4, -0.2) is 74.1 Å². The molecule has 2 heterocycles. The van der Waals surface area contributed by atoms with Gasteiger partial charge in [-0.15, -0.1) is 0 Å². The van der Waals surface area contributed by atoms with E-state index in [0.29, 0.717) is 13.2 Å². The predicted octanol–water partition coefficient (Wildman–Crippen LogP) is -0.582. The van der Waals surface area contributed by atoms with Gasteiger partial charge in [0.1, 0.15) is 0 Å². The third-order valence-electron chi connectivity index (χ3n) is 4.17. The maximum absolute atomic E-state index is 12.4. The summed E-state index contributed by atoms with van der Waals surface area (Å²) in [6, 6.07) is 0. The number of rotatable bonds is 8. The van der Waals surface area contributed by atoms with Crippen LogP contribution >= 0.6 is 0 Å². The number of carbonyl (C=O) groups is 1. The molecule has 0 aromatic carbocycles. The van der Waals surface area contributed by atoms with E-state index in [2.05, 4.69) is 20.6 Å². The first-order chi connectivity index (χ1) is 10.6. The van der Waals surface area contributed by atoms with E-state index in [4.69, 9.17) is 4.74 Å². The topological polar surface area (TPSA) is 71.4 Å². The first-order valence-electron chi connectivity index (χ1n) is 7.76. The van der Waals surface area contributed by atoms with Crippen LogP contribution in [-0.2, 0) is 16.6 Å². The van der Waals surface area contributed by atoms with Crippen molar-refractivity contribution in [3.8, 4) is 0 Å². The third-order valence-corrected chi connectivity index (χ3v) is 4.17. The molecule has 7 heteroatoms. The summed E-state index contributed by atoms with van der Waals surface area (Å²) >= 11 is 0. The molecule has 1 fully saturated rings. The molecule has 1 aromatic heterocycles. The number of hydrogen-bond donors (Lipinski definition) is 2. The van der Waals surface area contributed by atoms with E-state index in [1.807, 2.05) is 26.5 Å². The average molecular weight is 309 g/mol. The second-order valence-electron chi connectivity index (χ2n) is 5.91. The Bertz CT molecular complexity index is 476. The van der Waals surface area contributed by atoms with Crippen molar-refractivity contribution in [1.82, 2.24) is 25.3 Å². The Morgan fingerprint density at radius 2 is 2.36 bits per heavy atom. The largest absolute Gasteiger partial charge is 0.383 e. The maximum atomic E-state index is 12.4. The van der Waals surface area contributed by atoms with E-state index in [-0.39, 0.29) is 17.7 Å². The van der Waals surface area contributed by atoms with Gasteiger partial charge < -0.3 is 20.3 Å². The van der Waals surface area contributed by atoms with E-state index in [1.54, 1.807) is 11.8 Å². The second-order valence-corrected chi connectivity index (χ2v) is 5.91. The molecule has 0 radical (unpaired) electrons. The smallest absolute Gasteiger partial charge is 0.225 e. The quantitative estimate of drug-likeness (QED) is 0.672. The Kier molecular flexibility index (Phi) is 6.35. The Morgan fingerprint density at radius 1 is 1.55 bits per heavy atom. The average Bonchev–Trinajstić information content (AvgIpc) is 3.13. The predicted molar refractivity (Wildman–Crippen MR) is 84.7 cm³/mol. The van der Waals surface area contributed by atoms with Gasteiger partial charge in [0.15, 0.2) is 0 Å². The van der Waals surface area contributed by atoms with Gasteiger partial charge in [-0.3, -0.25) is 9.48 Å². The van der Waals surface area contributed by atoms with Crippen LogP contribution in [0.25, 0.3) is 0 Å². The van der Waals surface area contributed by atoms with Crippen molar-refractivity contribution in [2.75, 3.05) is 53.5 Å². The first kappa shape index (κ1) is 16.9. The Labute approximate surface area is 132 Å². The number of hydrogen-bond acceptors (Lipinski definition) is 5. The fraction of sp³-hybridized carbons (Fsp3) is 0.733. The molecule has 0 spiro atoms. The van der Waals surface area contributed by atoms with Crippen molar-refractivity contribution in [2.45, 2.75) is 5.92 Å². The van der Waals surface area contributed by atoms with Crippen LogP contribution in [0.2, 0.25) is 0 Å². The summed E-state index contributed by atoms with van der Waals surface area (Å²) in [6.07, 6.45) is 3.85. The van der Waals surface area contributed by atoms with Gasteiger partial charge in [0, 0.05) is 59.0 Å². The minimum absolute atomic E-state index is 0.0199. The summed E-state index contributed by atoms with van der Waals surface area (Å²) < 4.78 is 6.83. The maximum Gasteiger partial charge on any atom is 0.225 e. The Balaban J connectivity index is 1.79. The summed E-state index contributed by atoms with van der Waals surface area (Å²) in [5.74, 6) is 0.312. The zero-order valence-corrected chi connectivity index (χ0v) is 13.7. The molecule has 2 atom stereocenters. The molecular weight excluding hydrogens is 282 g/mol. The first-order valence-corrected chi connectivity index (χ1v) is 7.76. The molecule has 0 bridgehead atoms. The van der Waals surface area contributed by atoms with Crippen LogP contribution in [0.3, 0.4) is 0 Å². The number of aromatic nitrogens is 2. The molecule has 0 unspecified atom stereocenters. The lowest BCUT2D eigenvalue weighted by Crippen LogP contribution is -2.39. The van der Waals surface area contributed by atoms with Crippen LogP contribution < -0.4 is 10.6 Å². The van der Waals surface area contributed by atoms with E-state index in [1.165, 1.54) is 0 Å². The standard InChI is InChI=1S/C15H27N5O2/c1-19(6-7-22-3)5-4-17-15(21)14-10-16-9-13(14)12-8-18-20(2)11-12/h8,11,13-14,16H,4-7,9-10H2,1-3H3,(H,17,21)/t13-,14+/m1/s1. The molecule has 2 rings (SSSR count). The number of ether oxygens (including phenoxy) is 1. The van der Waals surface area contributed by atoms with E-state index in [0.717, 1.165) is 31.7 Å². The molecule has 1 aliphatic rings. The van der Waals surface area contributed by atoms with Gasteiger partial charge in [-0.05, 0) is 12.6 Å². The van der Waals surface area contributed by atoms with E-state index < -0.39 is 0 Å². The summed E-state index contributed by atoms with van der Waals surface area (Å²) in [5, 5.41) is 10.6. The Hall–Kier alpha value is -1.44. The lowest BCUT2D eigenvalue weighted by Gasteiger charge is -2.19. The number of carbonyl (C=O) groups excluding carboxylic acids is 1. The van der Waals surface area contributed by atoms with Crippen molar-refractivity contribution >= 4 is 5.91 Å². The number of aryl methyl sites for hydroxylation is 1. The van der Waals surface area contributed by atoms with E-state index >= 15 is 0 Å². The number of nitrogens with one attached hydrogen (secondary N) is 2. The molecule has 1 amide bonds. The SMILES string of the molecule is COCCN(C)CCNC(=O)[C@H]1CNC[C@@H]1c1cnn(C)c1. The molecule has 1 aromatic rings. The van der Waals surface area contributed by atoms with Crippen LogP contribution in [0.5, 0.6) is 0 Å². The molecular formula is C15H27N5O2. The Morgan fingerprint density at radius 3 is 3.05 bits per heavy atom. The van der Waals surface area contributed by atoms with Gasteiger partial charge in [0.2, 0.25) is 5.91 Å². The van der Waals surface area contributed by atoms with Crippen LogP contribution in [0.15, 0.2) is 12.4 Å². The fourth-order valence-electron chi connectivity index (χ4n) is 2.80. The number of amides is 1. The van der Waals surface area contributed by atoms with Crippen molar-refractivity contribution in [1.29, 1.82) is 0 Å². The molecule has 0 aliphatic carbocycles. The van der Waals surface area contributed by atoms with Crippen LogP contribution in [0.1, 0.15) is 11.5 Å². The van der Waals surface area contributed by atoms with Crippen molar-refractivity contribution in [2.24, 2.45) is 13.0 Å². The zero-order chi connectivity index (χ0) is 15.9. The van der Waals surface area contributed by atoms with Crippen LogP contribution in [0, 0.1) is 5.92 Å². The van der Waals surface area contributed by atoms with Gasteiger partial charge in [-0.25, -0.2) is 0 Å². The monoisotopic (exact) mass is 309 g/mol. The summed E-state index contributed by atoms with van der Waals surface area (Å²) in [5.41, 5.74) is 1.13. The summed E-state index contributed by atoms with van der Waals surface area (Å²) in [7, 11) is 5.62. The minimum Gasteiger partial charge on any atom is -0.383 e. The normalized spacial score (nSPS) is 21.5. The van der Waals surface area contributed by atoms with Crippen molar-refractivity contribution in [3.63, 3.8) is 0 Å². The molecule has 22 heavy (non-hydrogen) atoms. The lowest BCUT2D eigenvalue weighted by molar-refractivity contribution is -0.124. The fourth-order valence-corrected chi connectivity index (χ4v) is 2.80. The van der Waals surface area contributed by atoms with Crippen LogP contribution in [0.4, 0.5) is 0 Å². The molecule has 124 valence electrons. The van der Waals surface area contributed by atoms with E-state index in [9.17, 15) is 4.79 Å². The summed E-state index contributed by atoms with van der Waals surface area (Å²) in [6.45, 7) is 4.63. The van der Waals surface area contributed by atoms with Gasteiger partial charge in [0.25, 0.3) is 0 Å². The van der Waals surface area contributed by atoms with Gasteiger partial charge in [0.05, 0.1) is 18.7 Å². The third kappa shape index (κ3) is 4.53. The highest BCUT2D eigenvalue weighted by Gasteiger charge is 2.34. The van der Waals surface area contributed by atoms with Gasteiger partial charge >= 0.3 is 0 Å². The van der Waals surface area contributed by atoms with Crippen molar-refractivity contribution in [3.05, 3.63) is 18.0 Å². The molecule has 0 saturated carbocycles.